The molecular weight excluding hydrogens is 354 g/mol. The minimum atomic E-state index is -3.23. The van der Waals surface area contributed by atoms with E-state index in [0.717, 1.165) is 11.3 Å². The molecule has 0 bridgehead atoms. The van der Waals surface area contributed by atoms with Crippen molar-refractivity contribution in [1.29, 1.82) is 0 Å². The van der Waals surface area contributed by atoms with Crippen LogP contribution >= 0.6 is 0 Å². The first-order valence-corrected chi connectivity index (χ1v) is 9.46. The molecule has 0 aliphatic rings. The molecule has 1 aromatic carbocycles. The van der Waals surface area contributed by atoms with Gasteiger partial charge in [-0.25, -0.2) is 18.5 Å². The summed E-state index contributed by atoms with van der Waals surface area (Å²) in [7, 11) is -3.23. The number of aromatic amines is 1. The summed E-state index contributed by atoms with van der Waals surface area (Å²) in [4.78, 5) is 9.01. The molecule has 4 aromatic rings. The molecule has 0 atom stereocenters. The molecule has 1 N–H and O–H groups in total. The molecule has 9 nitrogen and oxygen atoms in total. The second-order valence-electron chi connectivity index (χ2n) is 5.57. The molecule has 0 aliphatic carbocycles. The van der Waals surface area contributed by atoms with Gasteiger partial charge in [0.15, 0.2) is 15.7 Å². The first kappa shape index (κ1) is 16.1. The van der Waals surface area contributed by atoms with Crippen molar-refractivity contribution in [2.45, 2.75) is 4.90 Å². The highest BCUT2D eigenvalue weighted by Crippen LogP contribution is 2.23. The van der Waals surface area contributed by atoms with E-state index < -0.39 is 9.84 Å². The van der Waals surface area contributed by atoms with Gasteiger partial charge in [-0.1, -0.05) is 0 Å². The van der Waals surface area contributed by atoms with Crippen LogP contribution in [0.1, 0.15) is 0 Å². The van der Waals surface area contributed by atoms with Crippen LogP contribution in [0.2, 0.25) is 0 Å². The van der Waals surface area contributed by atoms with E-state index in [-0.39, 0.29) is 4.90 Å². The molecule has 0 aliphatic heterocycles. The lowest BCUT2D eigenvalue weighted by atomic mass is 10.2. The summed E-state index contributed by atoms with van der Waals surface area (Å²) in [6.07, 6.45) is 6.34. The highest BCUT2D eigenvalue weighted by Gasteiger charge is 2.11. The number of tetrazole rings is 1. The van der Waals surface area contributed by atoms with Crippen molar-refractivity contribution in [1.82, 2.24) is 35.2 Å². The molecule has 130 valence electrons. The number of nitrogens with one attached hydrogen (secondary N) is 1. The Labute approximate surface area is 148 Å². The van der Waals surface area contributed by atoms with Crippen LogP contribution in [-0.4, -0.2) is 49.8 Å². The van der Waals surface area contributed by atoms with E-state index in [1.165, 1.54) is 6.26 Å². The fourth-order valence-electron chi connectivity index (χ4n) is 2.51. The Balaban J connectivity index is 1.69. The third-order valence-electron chi connectivity index (χ3n) is 3.79. The zero-order valence-electron chi connectivity index (χ0n) is 13.6. The molecule has 10 heteroatoms. The topological polar surface area (TPSA) is 119 Å². The SMILES string of the molecule is CS(=O)(=O)c1ccc(-n2ccnc2-c2ccc(-c3nnn[nH]3)nc2)cc1. The van der Waals surface area contributed by atoms with Crippen molar-refractivity contribution in [2.24, 2.45) is 0 Å². The molecule has 0 unspecified atom stereocenters. The molecule has 0 spiro atoms. The first-order valence-electron chi connectivity index (χ1n) is 7.57. The Morgan fingerprint density at radius 1 is 1.04 bits per heavy atom. The summed E-state index contributed by atoms with van der Waals surface area (Å²) in [5, 5.41) is 13.5. The van der Waals surface area contributed by atoms with Crippen LogP contribution in [0.5, 0.6) is 0 Å². The van der Waals surface area contributed by atoms with Gasteiger partial charge in [-0.15, -0.1) is 5.10 Å². The third-order valence-corrected chi connectivity index (χ3v) is 4.92. The Bertz CT molecular complexity index is 1130. The highest BCUT2D eigenvalue weighted by atomic mass is 32.2. The van der Waals surface area contributed by atoms with Gasteiger partial charge in [-0.05, 0) is 46.8 Å². The zero-order valence-corrected chi connectivity index (χ0v) is 14.4. The summed E-state index contributed by atoms with van der Waals surface area (Å²) in [5.41, 5.74) is 2.22. The number of benzene rings is 1. The second kappa shape index (κ2) is 6.15. The van der Waals surface area contributed by atoms with Crippen molar-refractivity contribution in [3.63, 3.8) is 0 Å². The van der Waals surface area contributed by atoms with Crippen molar-refractivity contribution in [2.75, 3.05) is 6.26 Å². The number of hydrogen-bond acceptors (Lipinski definition) is 7. The Hall–Kier alpha value is -3.40. The predicted octanol–water partition coefficient (Wildman–Crippen LogP) is 1.52. The smallest absolute Gasteiger partial charge is 0.198 e. The standard InChI is InChI=1S/C16H13N7O2S/c1-26(24,25)13-5-3-12(4-6-13)23-9-8-17-16(23)11-2-7-14(18-10-11)15-19-21-22-20-15/h2-10H,1H3,(H,19,20,21,22). The summed E-state index contributed by atoms with van der Waals surface area (Å²) < 4.78 is 25.1. The number of hydrogen-bond donors (Lipinski definition) is 1. The van der Waals surface area contributed by atoms with Crippen molar-refractivity contribution in [3.05, 3.63) is 55.0 Å². The van der Waals surface area contributed by atoms with E-state index in [2.05, 4.69) is 30.6 Å². The van der Waals surface area contributed by atoms with Gasteiger partial charge in [0.05, 0.1) is 4.90 Å². The largest absolute Gasteiger partial charge is 0.300 e. The molecule has 0 radical (unpaired) electrons. The average Bonchev–Trinajstić information content (AvgIpc) is 3.33. The Morgan fingerprint density at radius 2 is 1.85 bits per heavy atom. The monoisotopic (exact) mass is 367 g/mol. The molecule has 0 saturated heterocycles. The minimum Gasteiger partial charge on any atom is -0.300 e. The zero-order chi connectivity index (χ0) is 18.1. The van der Waals surface area contributed by atoms with Crippen LogP contribution in [0.25, 0.3) is 28.6 Å². The molecule has 0 saturated carbocycles. The normalized spacial score (nSPS) is 11.6. The Morgan fingerprint density at radius 3 is 2.46 bits per heavy atom. The number of sulfone groups is 1. The van der Waals surface area contributed by atoms with Gasteiger partial charge in [0.2, 0.25) is 0 Å². The summed E-state index contributed by atoms with van der Waals surface area (Å²) in [6, 6.07) is 10.3. The fraction of sp³-hybridized carbons (Fsp3) is 0.0625. The summed E-state index contributed by atoms with van der Waals surface area (Å²) in [6.45, 7) is 0. The maximum absolute atomic E-state index is 11.6. The fourth-order valence-corrected chi connectivity index (χ4v) is 3.14. The van der Waals surface area contributed by atoms with Gasteiger partial charge >= 0.3 is 0 Å². The number of H-pyrrole nitrogens is 1. The summed E-state index contributed by atoms with van der Waals surface area (Å²) in [5.74, 6) is 1.17. The van der Waals surface area contributed by atoms with Crippen LogP contribution in [0, 0.1) is 0 Å². The average molecular weight is 367 g/mol. The highest BCUT2D eigenvalue weighted by molar-refractivity contribution is 7.90. The van der Waals surface area contributed by atoms with Crippen LogP contribution in [0.3, 0.4) is 0 Å². The van der Waals surface area contributed by atoms with Gasteiger partial charge in [-0.3, -0.25) is 9.55 Å². The minimum absolute atomic E-state index is 0.273. The molecule has 3 aromatic heterocycles. The Kier molecular flexibility index (Phi) is 3.81. The number of imidazole rings is 1. The van der Waals surface area contributed by atoms with Gasteiger partial charge in [0.1, 0.15) is 11.5 Å². The van der Waals surface area contributed by atoms with Gasteiger partial charge in [0, 0.05) is 36.1 Å². The van der Waals surface area contributed by atoms with Crippen molar-refractivity contribution >= 4 is 9.84 Å². The van der Waals surface area contributed by atoms with Crippen LogP contribution in [0.4, 0.5) is 0 Å². The maximum Gasteiger partial charge on any atom is 0.198 e. The van der Waals surface area contributed by atoms with Crippen LogP contribution < -0.4 is 0 Å². The molecular formula is C16H13N7O2S. The molecule has 26 heavy (non-hydrogen) atoms. The summed E-state index contributed by atoms with van der Waals surface area (Å²) >= 11 is 0. The third kappa shape index (κ3) is 2.97. The van der Waals surface area contributed by atoms with Crippen LogP contribution in [0.15, 0.2) is 59.9 Å². The number of rotatable bonds is 4. The molecule has 3 heterocycles. The molecule has 4 rings (SSSR count). The number of pyridine rings is 1. The van der Waals surface area contributed by atoms with Crippen LogP contribution in [-0.2, 0) is 9.84 Å². The van der Waals surface area contributed by atoms with Gasteiger partial charge in [0.25, 0.3) is 0 Å². The van der Waals surface area contributed by atoms with Crippen molar-refractivity contribution in [3.8, 4) is 28.6 Å². The number of aromatic nitrogens is 7. The predicted molar refractivity (Wildman–Crippen MR) is 93.1 cm³/mol. The lowest BCUT2D eigenvalue weighted by molar-refractivity contribution is 0.602. The lowest BCUT2D eigenvalue weighted by Crippen LogP contribution is -2.00. The quantitative estimate of drug-likeness (QED) is 0.580. The molecule has 0 fully saturated rings. The second-order valence-corrected chi connectivity index (χ2v) is 7.58. The maximum atomic E-state index is 11.6. The van der Waals surface area contributed by atoms with E-state index in [1.807, 2.05) is 10.6 Å². The van der Waals surface area contributed by atoms with Gasteiger partial charge < -0.3 is 0 Å². The first-order chi connectivity index (χ1) is 12.5. The molecule has 0 amide bonds. The van der Waals surface area contributed by atoms with E-state index in [0.29, 0.717) is 17.3 Å². The van der Waals surface area contributed by atoms with Crippen molar-refractivity contribution < 1.29 is 8.42 Å². The van der Waals surface area contributed by atoms with Gasteiger partial charge in [-0.2, -0.15) is 0 Å². The van der Waals surface area contributed by atoms with E-state index in [9.17, 15) is 8.42 Å². The van der Waals surface area contributed by atoms with E-state index in [4.69, 9.17) is 0 Å². The number of nitrogens with zero attached hydrogens (tertiary/aromatic N) is 6. The van der Waals surface area contributed by atoms with E-state index >= 15 is 0 Å². The van der Waals surface area contributed by atoms with E-state index in [1.54, 1.807) is 48.9 Å². The lowest BCUT2D eigenvalue weighted by Gasteiger charge is -2.09.